The number of anilines is 1. The van der Waals surface area contributed by atoms with E-state index in [1.165, 1.54) is 12.0 Å². The minimum atomic E-state index is -0.391. The van der Waals surface area contributed by atoms with Gasteiger partial charge in [0.05, 0.1) is 30.9 Å². The number of esters is 1. The van der Waals surface area contributed by atoms with Crippen molar-refractivity contribution < 1.29 is 19.1 Å². The van der Waals surface area contributed by atoms with Crippen molar-refractivity contribution in [2.24, 2.45) is 0 Å². The Morgan fingerprint density at radius 1 is 1.58 bits per heavy atom. The lowest BCUT2D eigenvalue weighted by molar-refractivity contribution is -0.140. The summed E-state index contributed by atoms with van der Waals surface area (Å²) in [6.07, 6.45) is 0.0957. The van der Waals surface area contributed by atoms with Crippen molar-refractivity contribution in [3.8, 4) is 11.8 Å². The second-order valence-electron chi connectivity index (χ2n) is 3.95. The van der Waals surface area contributed by atoms with E-state index in [4.69, 9.17) is 10.00 Å². The lowest BCUT2D eigenvalue weighted by Crippen LogP contribution is -2.40. The molecule has 0 spiro atoms. The first kappa shape index (κ1) is 12.9. The predicted octanol–water partition coefficient (Wildman–Crippen LogP) is 0.847. The Bertz CT molecular complexity index is 562. The molecule has 0 atom stereocenters. The van der Waals surface area contributed by atoms with Gasteiger partial charge in [-0.15, -0.1) is 0 Å². The number of fused-ring (bicyclic) bond motifs is 1. The average molecular weight is 260 g/mol. The highest BCUT2D eigenvalue weighted by Crippen LogP contribution is 2.32. The Kier molecular flexibility index (Phi) is 3.66. The molecule has 0 fully saturated rings. The van der Waals surface area contributed by atoms with Gasteiger partial charge < -0.3 is 14.4 Å². The van der Waals surface area contributed by atoms with Crippen LogP contribution >= 0.6 is 0 Å². The van der Waals surface area contributed by atoms with Gasteiger partial charge in [-0.2, -0.15) is 5.26 Å². The number of amides is 1. The molecule has 0 saturated heterocycles. The van der Waals surface area contributed by atoms with E-state index < -0.39 is 5.97 Å². The topological polar surface area (TPSA) is 79.6 Å². The van der Waals surface area contributed by atoms with Crippen molar-refractivity contribution in [3.63, 3.8) is 0 Å². The lowest BCUT2D eigenvalue weighted by atomic mass is 10.1. The van der Waals surface area contributed by atoms with Crippen LogP contribution in [0.25, 0.3) is 0 Å². The summed E-state index contributed by atoms with van der Waals surface area (Å²) >= 11 is 0. The molecule has 1 aromatic carbocycles. The van der Waals surface area contributed by atoms with Crippen LogP contribution in [0.5, 0.6) is 5.75 Å². The molecule has 1 aliphatic rings. The number of ether oxygens (including phenoxy) is 2. The molecular formula is C13H12N2O4. The molecule has 19 heavy (non-hydrogen) atoms. The first-order chi connectivity index (χ1) is 9.15. The molecule has 6 heteroatoms. The van der Waals surface area contributed by atoms with E-state index in [9.17, 15) is 9.59 Å². The molecule has 0 bridgehead atoms. The van der Waals surface area contributed by atoms with Crippen molar-refractivity contribution in [1.82, 2.24) is 0 Å². The predicted molar refractivity (Wildman–Crippen MR) is 65.6 cm³/mol. The minimum absolute atomic E-state index is 0.0694. The molecule has 0 N–H and O–H groups in total. The fourth-order valence-corrected chi connectivity index (χ4v) is 1.82. The second-order valence-corrected chi connectivity index (χ2v) is 3.95. The maximum atomic E-state index is 11.8. The molecule has 0 aromatic heterocycles. The largest absolute Gasteiger partial charge is 0.482 e. The van der Waals surface area contributed by atoms with Crippen LogP contribution in [0.1, 0.15) is 12.0 Å². The molecule has 0 aliphatic carbocycles. The summed E-state index contributed by atoms with van der Waals surface area (Å²) in [5, 5.41) is 8.88. The van der Waals surface area contributed by atoms with Gasteiger partial charge in [-0.25, -0.2) is 0 Å². The van der Waals surface area contributed by atoms with Gasteiger partial charge in [0.15, 0.2) is 6.61 Å². The molecule has 1 amide bonds. The Balaban J connectivity index is 2.26. The third-order valence-corrected chi connectivity index (χ3v) is 2.80. The molecule has 0 saturated carbocycles. The summed E-state index contributed by atoms with van der Waals surface area (Å²) in [5.41, 5.74) is 0.944. The number of hydrogen-bond acceptors (Lipinski definition) is 5. The van der Waals surface area contributed by atoms with E-state index in [1.54, 1.807) is 18.2 Å². The number of benzene rings is 1. The third kappa shape index (κ3) is 2.65. The molecule has 1 heterocycles. The van der Waals surface area contributed by atoms with E-state index in [1.807, 2.05) is 6.07 Å². The number of carbonyl (C=O) groups is 2. The van der Waals surface area contributed by atoms with Crippen LogP contribution in [0.3, 0.4) is 0 Å². The number of nitrogens with zero attached hydrogens (tertiary/aromatic N) is 2. The zero-order valence-electron chi connectivity index (χ0n) is 10.4. The van der Waals surface area contributed by atoms with Crippen LogP contribution in [0, 0.1) is 11.3 Å². The van der Waals surface area contributed by atoms with E-state index in [2.05, 4.69) is 4.74 Å². The fourth-order valence-electron chi connectivity index (χ4n) is 1.82. The van der Waals surface area contributed by atoms with Crippen molar-refractivity contribution >= 4 is 17.6 Å². The van der Waals surface area contributed by atoms with Gasteiger partial charge >= 0.3 is 5.97 Å². The molecule has 1 aromatic rings. The highest BCUT2D eigenvalue weighted by atomic mass is 16.5. The summed E-state index contributed by atoms with van der Waals surface area (Å²) in [6.45, 7) is 0.136. The van der Waals surface area contributed by atoms with Gasteiger partial charge in [-0.1, -0.05) is 0 Å². The number of rotatable bonds is 3. The molecule has 0 unspecified atom stereocenters. The first-order valence-electron chi connectivity index (χ1n) is 5.70. The number of nitriles is 1. The summed E-state index contributed by atoms with van der Waals surface area (Å²) in [7, 11) is 1.30. The summed E-state index contributed by atoms with van der Waals surface area (Å²) in [5.74, 6) is -0.104. The maximum Gasteiger partial charge on any atom is 0.307 e. The van der Waals surface area contributed by atoms with Crippen LogP contribution in [0.2, 0.25) is 0 Å². The third-order valence-electron chi connectivity index (χ3n) is 2.80. The highest BCUT2D eigenvalue weighted by molar-refractivity contribution is 5.98. The van der Waals surface area contributed by atoms with Crippen molar-refractivity contribution in [2.45, 2.75) is 6.42 Å². The molecule has 2 rings (SSSR count). The Labute approximate surface area is 110 Å². The summed E-state index contributed by atoms with van der Waals surface area (Å²) < 4.78 is 9.83. The van der Waals surface area contributed by atoms with Gasteiger partial charge in [0.2, 0.25) is 0 Å². The van der Waals surface area contributed by atoms with Gasteiger partial charge in [-0.3, -0.25) is 9.59 Å². The van der Waals surface area contributed by atoms with E-state index in [0.717, 1.165) is 0 Å². The van der Waals surface area contributed by atoms with Crippen LogP contribution in [-0.2, 0) is 14.3 Å². The normalized spacial score (nSPS) is 13.3. The highest BCUT2D eigenvalue weighted by Gasteiger charge is 2.26. The quantitative estimate of drug-likeness (QED) is 0.752. The number of methoxy groups -OCH3 is 1. The van der Waals surface area contributed by atoms with Crippen LogP contribution in [0.15, 0.2) is 18.2 Å². The zero-order chi connectivity index (χ0) is 13.8. The maximum absolute atomic E-state index is 11.8. The van der Waals surface area contributed by atoms with Gasteiger partial charge in [0.25, 0.3) is 5.91 Å². The van der Waals surface area contributed by atoms with Gasteiger partial charge in [-0.05, 0) is 18.2 Å². The SMILES string of the molecule is COC(=O)CCN1C(=O)COc2ccc(C#N)cc21. The smallest absolute Gasteiger partial charge is 0.307 e. The first-order valence-corrected chi connectivity index (χ1v) is 5.70. The Morgan fingerprint density at radius 2 is 2.37 bits per heavy atom. The molecule has 6 nitrogen and oxygen atoms in total. The van der Waals surface area contributed by atoms with Gasteiger partial charge in [0, 0.05) is 6.54 Å². The second kappa shape index (κ2) is 5.40. The average Bonchev–Trinajstić information content (AvgIpc) is 2.45. The van der Waals surface area contributed by atoms with Crippen LogP contribution in [0.4, 0.5) is 5.69 Å². The van der Waals surface area contributed by atoms with Crippen LogP contribution in [-0.4, -0.2) is 32.1 Å². The Morgan fingerprint density at radius 3 is 3.05 bits per heavy atom. The number of carbonyl (C=O) groups excluding carboxylic acids is 2. The standard InChI is InChI=1S/C13H12N2O4/c1-18-13(17)4-5-15-10-6-9(7-14)2-3-11(10)19-8-12(15)16/h2-3,6H,4-5,8H2,1H3. The van der Waals surface area contributed by atoms with Crippen molar-refractivity contribution in [3.05, 3.63) is 23.8 Å². The summed E-state index contributed by atoms with van der Waals surface area (Å²) in [4.78, 5) is 24.4. The van der Waals surface area contributed by atoms with E-state index in [-0.39, 0.29) is 25.5 Å². The molecule has 1 aliphatic heterocycles. The monoisotopic (exact) mass is 260 g/mol. The van der Waals surface area contributed by atoms with Gasteiger partial charge in [0.1, 0.15) is 5.75 Å². The van der Waals surface area contributed by atoms with Crippen molar-refractivity contribution in [1.29, 1.82) is 5.26 Å². The van der Waals surface area contributed by atoms with Crippen molar-refractivity contribution in [2.75, 3.05) is 25.2 Å². The Hall–Kier alpha value is -2.55. The van der Waals surface area contributed by atoms with E-state index in [0.29, 0.717) is 17.0 Å². The number of hydrogen-bond donors (Lipinski definition) is 0. The minimum Gasteiger partial charge on any atom is -0.482 e. The van der Waals surface area contributed by atoms with Crippen LogP contribution < -0.4 is 9.64 Å². The molecule has 0 radical (unpaired) electrons. The lowest BCUT2D eigenvalue weighted by Gasteiger charge is -2.29. The molecular weight excluding hydrogens is 248 g/mol. The fraction of sp³-hybridized carbons (Fsp3) is 0.308. The zero-order valence-corrected chi connectivity index (χ0v) is 10.4. The van der Waals surface area contributed by atoms with E-state index >= 15 is 0 Å². The molecule has 98 valence electrons. The summed E-state index contributed by atoms with van der Waals surface area (Å²) in [6, 6.07) is 6.84.